The van der Waals surface area contributed by atoms with Crippen LogP contribution in [0.3, 0.4) is 0 Å². The standard InChI is InChI=1S/C13H18N2O2/c1-9(2)12-10(3)15(13(16)17-12)8-11-4-6-14-7-5-11/h4-7,9-10,12H,8H2,1-3H3/t10-,12?/m1/s1. The second-order valence-electron chi connectivity index (χ2n) is 4.82. The van der Waals surface area contributed by atoms with Crippen molar-refractivity contribution < 1.29 is 9.53 Å². The Kier molecular flexibility index (Phi) is 3.31. The Morgan fingerprint density at radius 1 is 1.41 bits per heavy atom. The van der Waals surface area contributed by atoms with Crippen molar-refractivity contribution in [1.82, 2.24) is 9.88 Å². The predicted molar refractivity (Wildman–Crippen MR) is 64.3 cm³/mol. The van der Waals surface area contributed by atoms with Gasteiger partial charge in [-0.05, 0) is 30.5 Å². The summed E-state index contributed by atoms with van der Waals surface area (Å²) in [5.41, 5.74) is 1.08. The van der Waals surface area contributed by atoms with Gasteiger partial charge in [0.2, 0.25) is 0 Å². The van der Waals surface area contributed by atoms with Gasteiger partial charge in [0.1, 0.15) is 6.10 Å². The van der Waals surface area contributed by atoms with Crippen molar-refractivity contribution in [2.24, 2.45) is 5.92 Å². The third-order valence-corrected chi connectivity index (χ3v) is 3.20. The van der Waals surface area contributed by atoms with Gasteiger partial charge in [-0.3, -0.25) is 9.88 Å². The molecule has 2 heterocycles. The summed E-state index contributed by atoms with van der Waals surface area (Å²) in [6.07, 6.45) is 3.25. The van der Waals surface area contributed by atoms with Crippen molar-refractivity contribution in [2.75, 3.05) is 0 Å². The summed E-state index contributed by atoms with van der Waals surface area (Å²) in [5, 5.41) is 0. The van der Waals surface area contributed by atoms with Gasteiger partial charge < -0.3 is 4.74 Å². The molecule has 1 unspecified atom stereocenters. The number of carbonyl (C=O) groups excluding carboxylic acids is 1. The third-order valence-electron chi connectivity index (χ3n) is 3.20. The van der Waals surface area contributed by atoms with E-state index in [0.717, 1.165) is 5.56 Å². The van der Waals surface area contributed by atoms with Gasteiger partial charge in [0, 0.05) is 18.9 Å². The SMILES string of the molecule is CC(C)C1OC(=O)N(Cc2ccncc2)[C@@H]1C. The molecule has 0 radical (unpaired) electrons. The second-order valence-corrected chi connectivity index (χ2v) is 4.82. The highest BCUT2D eigenvalue weighted by Gasteiger charge is 2.39. The van der Waals surface area contributed by atoms with Crippen molar-refractivity contribution in [1.29, 1.82) is 0 Å². The van der Waals surface area contributed by atoms with Gasteiger partial charge in [0.15, 0.2) is 0 Å². The largest absolute Gasteiger partial charge is 0.444 e. The van der Waals surface area contributed by atoms with Gasteiger partial charge in [0.05, 0.1) is 6.04 Å². The summed E-state index contributed by atoms with van der Waals surface area (Å²) < 4.78 is 5.39. The molecule has 2 atom stereocenters. The zero-order valence-electron chi connectivity index (χ0n) is 10.5. The molecule has 1 amide bonds. The zero-order valence-corrected chi connectivity index (χ0v) is 10.5. The van der Waals surface area contributed by atoms with Gasteiger partial charge in [-0.25, -0.2) is 4.79 Å². The molecule has 0 spiro atoms. The minimum Gasteiger partial charge on any atom is -0.444 e. The molecule has 17 heavy (non-hydrogen) atoms. The molecule has 1 aliphatic rings. The number of hydrogen-bond acceptors (Lipinski definition) is 3. The van der Waals surface area contributed by atoms with Crippen LogP contribution in [0.15, 0.2) is 24.5 Å². The highest BCUT2D eigenvalue weighted by molar-refractivity contribution is 5.70. The van der Waals surface area contributed by atoms with E-state index in [1.54, 1.807) is 17.3 Å². The summed E-state index contributed by atoms with van der Waals surface area (Å²) >= 11 is 0. The van der Waals surface area contributed by atoms with Crippen LogP contribution in [0.5, 0.6) is 0 Å². The molecule has 2 rings (SSSR count). The Bertz CT molecular complexity index is 392. The molecule has 1 aromatic heterocycles. The zero-order chi connectivity index (χ0) is 12.4. The van der Waals surface area contributed by atoms with E-state index in [1.165, 1.54) is 0 Å². The molecule has 0 bridgehead atoms. The fraction of sp³-hybridized carbons (Fsp3) is 0.538. The van der Waals surface area contributed by atoms with Crippen LogP contribution in [0.1, 0.15) is 26.3 Å². The average Bonchev–Trinajstić information content (AvgIpc) is 2.58. The molecule has 0 saturated carbocycles. The molecule has 0 N–H and O–H groups in total. The summed E-state index contributed by atoms with van der Waals surface area (Å²) in [5.74, 6) is 0.344. The Hall–Kier alpha value is -1.58. The second kappa shape index (κ2) is 4.73. The minimum atomic E-state index is -0.215. The van der Waals surface area contributed by atoms with E-state index in [0.29, 0.717) is 12.5 Å². The van der Waals surface area contributed by atoms with E-state index in [4.69, 9.17) is 4.74 Å². The number of ether oxygens (including phenoxy) is 1. The quantitative estimate of drug-likeness (QED) is 0.806. The molecule has 0 aliphatic carbocycles. The lowest BCUT2D eigenvalue weighted by Crippen LogP contribution is -2.35. The minimum absolute atomic E-state index is 0.00987. The molecule has 1 aromatic rings. The molecule has 1 saturated heterocycles. The monoisotopic (exact) mass is 234 g/mol. The molecule has 1 fully saturated rings. The van der Waals surface area contributed by atoms with Crippen LogP contribution in [-0.2, 0) is 11.3 Å². The first kappa shape index (κ1) is 11.9. The molecule has 92 valence electrons. The number of pyridine rings is 1. The Labute approximate surface area is 102 Å². The van der Waals surface area contributed by atoms with Crippen LogP contribution >= 0.6 is 0 Å². The van der Waals surface area contributed by atoms with Crippen molar-refractivity contribution in [2.45, 2.75) is 39.5 Å². The number of aromatic nitrogens is 1. The molecular formula is C13H18N2O2. The Morgan fingerprint density at radius 2 is 2.06 bits per heavy atom. The van der Waals surface area contributed by atoms with Crippen LogP contribution in [-0.4, -0.2) is 28.1 Å². The first-order valence-electron chi connectivity index (χ1n) is 5.95. The van der Waals surface area contributed by atoms with Gasteiger partial charge >= 0.3 is 6.09 Å². The fourth-order valence-corrected chi connectivity index (χ4v) is 2.21. The predicted octanol–water partition coefficient (Wildman–Crippen LogP) is 2.45. The third kappa shape index (κ3) is 2.40. The number of rotatable bonds is 3. The van der Waals surface area contributed by atoms with E-state index in [9.17, 15) is 4.79 Å². The lowest BCUT2D eigenvalue weighted by molar-refractivity contribution is 0.104. The van der Waals surface area contributed by atoms with Crippen LogP contribution < -0.4 is 0 Å². The number of nitrogens with zero attached hydrogens (tertiary/aromatic N) is 2. The summed E-state index contributed by atoms with van der Waals surface area (Å²) in [6.45, 7) is 6.78. The lowest BCUT2D eigenvalue weighted by atomic mass is 10.0. The highest BCUT2D eigenvalue weighted by Crippen LogP contribution is 2.26. The summed E-state index contributed by atoms with van der Waals surface area (Å²) in [6, 6.07) is 3.96. The summed E-state index contributed by atoms with van der Waals surface area (Å²) in [4.78, 5) is 17.5. The van der Waals surface area contributed by atoms with Gasteiger partial charge in [-0.15, -0.1) is 0 Å². The smallest absolute Gasteiger partial charge is 0.410 e. The van der Waals surface area contributed by atoms with Gasteiger partial charge in [-0.1, -0.05) is 13.8 Å². The molecular weight excluding hydrogens is 216 g/mol. The van der Waals surface area contributed by atoms with E-state index >= 15 is 0 Å². The summed E-state index contributed by atoms with van der Waals surface area (Å²) in [7, 11) is 0. The molecule has 1 aliphatic heterocycles. The van der Waals surface area contributed by atoms with Crippen molar-refractivity contribution in [3.05, 3.63) is 30.1 Å². The van der Waals surface area contributed by atoms with E-state index in [-0.39, 0.29) is 18.2 Å². The first-order valence-corrected chi connectivity index (χ1v) is 5.95. The highest BCUT2D eigenvalue weighted by atomic mass is 16.6. The van der Waals surface area contributed by atoms with E-state index in [1.807, 2.05) is 19.1 Å². The number of carbonyl (C=O) groups is 1. The topological polar surface area (TPSA) is 42.4 Å². The molecule has 4 nitrogen and oxygen atoms in total. The number of hydrogen-bond donors (Lipinski definition) is 0. The van der Waals surface area contributed by atoms with Crippen LogP contribution in [0.4, 0.5) is 4.79 Å². The maximum absolute atomic E-state index is 11.8. The lowest BCUT2D eigenvalue weighted by Gasteiger charge is -2.22. The van der Waals surface area contributed by atoms with Crippen LogP contribution in [0.2, 0.25) is 0 Å². The van der Waals surface area contributed by atoms with Crippen molar-refractivity contribution in [3.8, 4) is 0 Å². The number of cyclic esters (lactones) is 1. The maximum atomic E-state index is 11.8. The Morgan fingerprint density at radius 3 is 2.59 bits per heavy atom. The van der Waals surface area contributed by atoms with Gasteiger partial charge in [-0.2, -0.15) is 0 Å². The average molecular weight is 234 g/mol. The molecule has 4 heteroatoms. The van der Waals surface area contributed by atoms with Crippen LogP contribution in [0, 0.1) is 5.92 Å². The molecule has 0 aromatic carbocycles. The van der Waals surface area contributed by atoms with E-state index < -0.39 is 0 Å². The fourth-order valence-electron chi connectivity index (χ4n) is 2.21. The van der Waals surface area contributed by atoms with E-state index in [2.05, 4.69) is 18.8 Å². The Balaban J connectivity index is 2.09. The van der Waals surface area contributed by atoms with Crippen LogP contribution in [0.25, 0.3) is 0 Å². The normalized spacial score (nSPS) is 24.2. The maximum Gasteiger partial charge on any atom is 0.410 e. The number of amides is 1. The van der Waals surface area contributed by atoms with Crippen molar-refractivity contribution >= 4 is 6.09 Å². The first-order chi connectivity index (χ1) is 8.09. The van der Waals surface area contributed by atoms with Gasteiger partial charge in [0.25, 0.3) is 0 Å². The van der Waals surface area contributed by atoms with Crippen molar-refractivity contribution in [3.63, 3.8) is 0 Å².